The van der Waals surface area contributed by atoms with Crippen molar-refractivity contribution in [1.82, 2.24) is 5.32 Å². The van der Waals surface area contributed by atoms with Crippen molar-refractivity contribution in [1.29, 1.82) is 0 Å². The molecule has 0 bridgehead atoms. The summed E-state index contributed by atoms with van der Waals surface area (Å²) in [7, 11) is 0. The second-order valence-corrected chi connectivity index (χ2v) is 18.7. The van der Waals surface area contributed by atoms with E-state index in [1.165, 1.54) is 128 Å². The molecule has 0 radical (unpaired) electrons. The van der Waals surface area contributed by atoms with Gasteiger partial charge in [0.05, 0.1) is 25.2 Å². The van der Waals surface area contributed by atoms with E-state index >= 15 is 0 Å². The van der Waals surface area contributed by atoms with Gasteiger partial charge < -0.3 is 20.3 Å². The summed E-state index contributed by atoms with van der Waals surface area (Å²) in [4.78, 5) is 26.2. The average Bonchev–Trinajstić information content (AvgIpc) is 3.29. The number of esters is 1. The van der Waals surface area contributed by atoms with Crippen molar-refractivity contribution in [3.05, 3.63) is 60.8 Å². The number of carbonyl (C=O) groups excluding carboxylic acids is 2. The molecule has 64 heavy (non-hydrogen) atoms. The molecule has 0 fully saturated rings. The molecule has 0 heterocycles. The third-order valence-corrected chi connectivity index (χ3v) is 12.4. The zero-order valence-electron chi connectivity index (χ0n) is 42.4. The molecular formula is C58H105NO5. The lowest BCUT2D eigenvalue weighted by Crippen LogP contribution is -2.46. The molecule has 0 aromatic rings. The second-order valence-electron chi connectivity index (χ2n) is 18.7. The van der Waals surface area contributed by atoms with Crippen LogP contribution in [0.3, 0.4) is 0 Å². The molecule has 0 saturated heterocycles. The van der Waals surface area contributed by atoms with Crippen molar-refractivity contribution in [2.75, 3.05) is 6.61 Å². The Bertz CT molecular complexity index is 1140. The lowest BCUT2D eigenvalue weighted by atomic mass is 10.0. The van der Waals surface area contributed by atoms with Crippen LogP contribution in [0, 0.1) is 0 Å². The number of aliphatic hydroxyl groups is 2. The Hall–Kier alpha value is -2.44. The number of nitrogens with one attached hydrogen (secondary N) is 1. The highest BCUT2D eigenvalue weighted by Gasteiger charge is 2.24. The van der Waals surface area contributed by atoms with Crippen LogP contribution in [0.25, 0.3) is 0 Å². The fraction of sp³-hybridized carbons (Fsp3) is 0.793. The number of aliphatic hydroxyl groups excluding tert-OH is 2. The fourth-order valence-corrected chi connectivity index (χ4v) is 8.25. The maximum Gasteiger partial charge on any atom is 0.306 e. The number of amides is 1. The largest absolute Gasteiger partial charge is 0.462 e. The number of unbranched alkanes of at least 4 members (excludes halogenated alkanes) is 30. The molecule has 6 heteroatoms. The van der Waals surface area contributed by atoms with Crippen LogP contribution in [0.15, 0.2) is 60.8 Å². The highest BCUT2D eigenvalue weighted by atomic mass is 16.5. The molecule has 1 amide bonds. The smallest absolute Gasteiger partial charge is 0.306 e. The number of hydrogen-bond acceptors (Lipinski definition) is 5. The molecule has 0 aromatic heterocycles. The first-order valence-electron chi connectivity index (χ1n) is 27.6. The van der Waals surface area contributed by atoms with Crippen LogP contribution < -0.4 is 5.32 Å². The Labute approximate surface area is 397 Å². The van der Waals surface area contributed by atoms with Crippen LogP contribution in [0.2, 0.25) is 0 Å². The minimum absolute atomic E-state index is 0.0506. The fourth-order valence-electron chi connectivity index (χ4n) is 8.25. The number of ether oxygens (including phenoxy) is 1. The van der Waals surface area contributed by atoms with E-state index in [1.807, 2.05) is 0 Å². The number of rotatable bonds is 49. The summed E-state index contributed by atoms with van der Waals surface area (Å²) in [6.07, 6.45) is 64.3. The van der Waals surface area contributed by atoms with E-state index in [9.17, 15) is 19.8 Å². The van der Waals surface area contributed by atoms with Gasteiger partial charge in [0.2, 0.25) is 5.91 Å². The van der Waals surface area contributed by atoms with E-state index in [1.54, 1.807) is 0 Å². The average molecular weight is 896 g/mol. The van der Waals surface area contributed by atoms with E-state index < -0.39 is 18.2 Å². The summed E-state index contributed by atoms with van der Waals surface area (Å²) in [6.45, 7) is 6.35. The van der Waals surface area contributed by atoms with Crippen molar-refractivity contribution in [3.63, 3.8) is 0 Å². The number of carbonyl (C=O) groups is 2. The van der Waals surface area contributed by atoms with Gasteiger partial charge in [-0.2, -0.15) is 0 Å². The Morgan fingerprint density at radius 1 is 0.469 bits per heavy atom. The topological polar surface area (TPSA) is 95.9 Å². The predicted octanol–water partition coefficient (Wildman–Crippen LogP) is 16.8. The van der Waals surface area contributed by atoms with Crippen LogP contribution in [0.1, 0.15) is 271 Å². The quantitative estimate of drug-likeness (QED) is 0.0321. The summed E-state index contributed by atoms with van der Waals surface area (Å²) in [5.41, 5.74) is 0. The summed E-state index contributed by atoms with van der Waals surface area (Å²) in [5, 5.41) is 23.8. The van der Waals surface area contributed by atoms with Crippen molar-refractivity contribution in [3.8, 4) is 0 Å². The van der Waals surface area contributed by atoms with Gasteiger partial charge in [-0.1, -0.05) is 248 Å². The SMILES string of the molecule is CC/C=C/C=C/C=C\CCCCCCCC(=O)OC(CCCCC/C=C/C=C/CCCCCCCCC)CC(=O)NC(CO)C(O)CCCCCCCCCCCCCCCCCC. The van der Waals surface area contributed by atoms with Crippen LogP contribution in [0.4, 0.5) is 0 Å². The van der Waals surface area contributed by atoms with Gasteiger partial charge in [-0.25, -0.2) is 0 Å². The molecule has 0 rings (SSSR count). The molecule has 0 aliphatic heterocycles. The minimum Gasteiger partial charge on any atom is -0.462 e. The normalized spacial score (nSPS) is 13.6. The Morgan fingerprint density at radius 2 is 0.844 bits per heavy atom. The Balaban J connectivity index is 4.61. The highest BCUT2D eigenvalue weighted by Crippen LogP contribution is 2.18. The van der Waals surface area contributed by atoms with Crippen molar-refractivity contribution in [2.45, 2.75) is 289 Å². The zero-order valence-corrected chi connectivity index (χ0v) is 42.4. The molecular weight excluding hydrogens is 791 g/mol. The molecule has 3 N–H and O–H groups in total. The molecule has 3 atom stereocenters. The Kier molecular flexibility index (Phi) is 49.6. The maximum absolute atomic E-state index is 13.2. The molecule has 0 saturated carbocycles. The third kappa shape index (κ3) is 46.1. The highest BCUT2D eigenvalue weighted by molar-refractivity contribution is 5.77. The minimum atomic E-state index is -0.800. The van der Waals surface area contributed by atoms with Gasteiger partial charge in [0.15, 0.2) is 0 Å². The van der Waals surface area contributed by atoms with Gasteiger partial charge in [-0.15, -0.1) is 0 Å². The molecule has 3 unspecified atom stereocenters. The first-order chi connectivity index (χ1) is 31.5. The van der Waals surface area contributed by atoms with E-state index in [0.29, 0.717) is 19.3 Å². The van der Waals surface area contributed by atoms with Gasteiger partial charge in [-0.3, -0.25) is 9.59 Å². The Morgan fingerprint density at radius 3 is 1.30 bits per heavy atom. The molecule has 0 aliphatic carbocycles. The van der Waals surface area contributed by atoms with Gasteiger partial charge in [-0.05, 0) is 70.6 Å². The molecule has 0 spiro atoms. The lowest BCUT2D eigenvalue weighted by Gasteiger charge is -2.24. The van der Waals surface area contributed by atoms with Gasteiger partial charge in [0.25, 0.3) is 0 Å². The summed E-state index contributed by atoms with van der Waals surface area (Å²) < 4.78 is 5.92. The predicted molar refractivity (Wildman–Crippen MR) is 278 cm³/mol. The van der Waals surface area contributed by atoms with Crippen molar-refractivity contribution < 1.29 is 24.5 Å². The van der Waals surface area contributed by atoms with Crippen molar-refractivity contribution in [2.24, 2.45) is 0 Å². The van der Waals surface area contributed by atoms with E-state index in [4.69, 9.17) is 4.74 Å². The van der Waals surface area contributed by atoms with Crippen molar-refractivity contribution >= 4 is 11.9 Å². The maximum atomic E-state index is 13.2. The molecule has 0 aliphatic rings. The summed E-state index contributed by atoms with van der Waals surface area (Å²) in [5.74, 6) is -0.519. The van der Waals surface area contributed by atoms with Crippen LogP contribution in [-0.2, 0) is 14.3 Å². The summed E-state index contributed by atoms with van der Waals surface area (Å²) in [6, 6.07) is -0.716. The summed E-state index contributed by atoms with van der Waals surface area (Å²) >= 11 is 0. The van der Waals surface area contributed by atoms with Gasteiger partial charge >= 0.3 is 5.97 Å². The van der Waals surface area contributed by atoms with Gasteiger partial charge in [0, 0.05) is 6.42 Å². The standard InChI is InChI=1S/C58H105NO5/c1-4-7-10-13-16-19-22-25-27-29-32-34-37-40-43-46-49-54(64-58(63)51-48-45-42-39-36-31-24-21-18-15-12-9-6-3)52-57(62)59-55(53-60)56(61)50-47-44-41-38-35-33-30-28-26-23-20-17-14-11-8-5-2/h9,12,15,18,21,24,27,29,32,34,54-56,60-61H,4-8,10-11,13-14,16-17,19-20,22-23,25-26,28,30-31,33,35-53H2,1-3H3,(H,59,62)/b12-9+,18-15+,24-21-,29-27+,34-32+. The first kappa shape index (κ1) is 61.6. The second kappa shape index (κ2) is 51.5. The van der Waals surface area contributed by atoms with Gasteiger partial charge in [0.1, 0.15) is 6.10 Å². The molecule has 0 aromatic carbocycles. The third-order valence-electron chi connectivity index (χ3n) is 12.4. The van der Waals surface area contributed by atoms with E-state index in [-0.39, 0.29) is 24.9 Å². The number of allylic oxidation sites excluding steroid dienone is 10. The van der Waals surface area contributed by atoms with Crippen LogP contribution in [-0.4, -0.2) is 46.9 Å². The molecule has 6 nitrogen and oxygen atoms in total. The van der Waals surface area contributed by atoms with Crippen LogP contribution >= 0.6 is 0 Å². The van der Waals surface area contributed by atoms with Crippen LogP contribution in [0.5, 0.6) is 0 Å². The lowest BCUT2D eigenvalue weighted by molar-refractivity contribution is -0.151. The monoisotopic (exact) mass is 896 g/mol. The first-order valence-corrected chi connectivity index (χ1v) is 27.6. The van der Waals surface area contributed by atoms with E-state index in [0.717, 1.165) is 96.3 Å². The van der Waals surface area contributed by atoms with E-state index in [2.05, 4.69) is 86.8 Å². The number of hydrogen-bond donors (Lipinski definition) is 3. The molecule has 372 valence electrons. The zero-order chi connectivity index (χ0) is 46.7.